The highest BCUT2D eigenvalue weighted by Crippen LogP contribution is 2.30. The van der Waals surface area contributed by atoms with Crippen molar-refractivity contribution in [1.82, 2.24) is 0 Å². The third-order valence-electron chi connectivity index (χ3n) is 3.07. The molecule has 1 heterocycles. The lowest BCUT2D eigenvalue weighted by atomic mass is 10.0. The third-order valence-corrected chi connectivity index (χ3v) is 3.07. The van der Waals surface area contributed by atoms with E-state index in [1.54, 1.807) is 6.07 Å². The fourth-order valence-corrected chi connectivity index (χ4v) is 2.14. The van der Waals surface area contributed by atoms with Gasteiger partial charge in [0.05, 0.1) is 0 Å². The van der Waals surface area contributed by atoms with Crippen LogP contribution in [0.1, 0.15) is 12.0 Å². The summed E-state index contributed by atoms with van der Waals surface area (Å²) in [7, 11) is 0. The SMILES string of the molecule is Nc1cccc(Oc2ccc3c(c2)CCC(=O)N3)c1. The van der Waals surface area contributed by atoms with E-state index in [4.69, 9.17) is 10.5 Å². The van der Waals surface area contributed by atoms with E-state index in [0.29, 0.717) is 17.9 Å². The fraction of sp³-hybridized carbons (Fsp3) is 0.133. The summed E-state index contributed by atoms with van der Waals surface area (Å²) in [5.41, 5.74) is 8.35. The van der Waals surface area contributed by atoms with Gasteiger partial charge >= 0.3 is 0 Å². The van der Waals surface area contributed by atoms with Gasteiger partial charge in [-0.2, -0.15) is 0 Å². The molecule has 1 aliphatic rings. The zero-order valence-electron chi connectivity index (χ0n) is 10.3. The summed E-state index contributed by atoms with van der Waals surface area (Å²) in [4.78, 5) is 11.3. The van der Waals surface area contributed by atoms with E-state index in [9.17, 15) is 4.79 Å². The summed E-state index contributed by atoms with van der Waals surface area (Å²) < 4.78 is 5.76. The molecule has 0 saturated heterocycles. The summed E-state index contributed by atoms with van der Waals surface area (Å²) in [5.74, 6) is 1.53. The fourth-order valence-electron chi connectivity index (χ4n) is 2.14. The Morgan fingerprint density at radius 1 is 1.05 bits per heavy atom. The van der Waals surface area contributed by atoms with Crippen LogP contribution in [0.25, 0.3) is 0 Å². The minimum atomic E-state index is 0.0667. The largest absolute Gasteiger partial charge is 0.457 e. The first-order valence-corrected chi connectivity index (χ1v) is 6.17. The van der Waals surface area contributed by atoms with Crippen molar-refractivity contribution in [2.24, 2.45) is 0 Å². The van der Waals surface area contributed by atoms with E-state index < -0.39 is 0 Å². The number of nitrogens with two attached hydrogens (primary N) is 1. The van der Waals surface area contributed by atoms with Gasteiger partial charge in [-0.05, 0) is 42.3 Å². The molecule has 4 heteroatoms. The lowest BCUT2D eigenvalue weighted by Gasteiger charge is -2.17. The molecule has 0 radical (unpaired) electrons. The summed E-state index contributed by atoms with van der Waals surface area (Å²) in [6, 6.07) is 13.0. The molecule has 3 N–H and O–H groups in total. The normalized spacial score (nSPS) is 13.6. The molecule has 0 fully saturated rings. The van der Waals surface area contributed by atoms with Crippen LogP contribution in [0.3, 0.4) is 0 Å². The van der Waals surface area contributed by atoms with Crippen LogP contribution in [-0.2, 0) is 11.2 Å². The van der Waals surface area contributed by atoms with Crippen LogP contribution >= 0.6 is 0 Å². The van der Waals surface area contributed by atoms with Crippen molar-refractivity contribution in [3.05, 3.63) is 48.0 Å². The van der Waals surface area contributed by atoms with Gasteiger partial charge in [0.15, 0.2) is 0 Å². The van der Waals surface area contributed by atoms with Crippen LogP contribution < -0.4 is 15.8 Å². The Morgan fingerprint density at radius 3 is 2.74 bits per heavy atom. The zero-order valence-corrected chi connectivity index (χ0v) is 10.3. The number of anilines is 2. The molecule has 1 amide bonds. The number of aryl methyl sites for hydroxylation is 1. The van der Waals surface area contributed by atoms with Crippen molar-refractivity contribution in [3.63, 3.8) is 0 Å². The Labute approximate surface area is 111 Å². The maximum Gasteiger partial charge on any atom is 0.224 e. The van der Waals surface area contributed by atoms with Crippen LogP contribution in [0.15, 0.2) is 42.5 Å². The summed E-state index contributed by atoms with van der Waals surface area (Å²) in [6.07, 6.45) is 1.27. The Kier molecular flexibility index (Phi) is 2.83. The van der Waals surface area contributed by atoms with Crippen molar-refractivity contribution in [1.29, 1.82) is 0 Å². The van der Waals surface area contributed by atoms with E-state index in [2.05, 4.69) is 5.32 Å². The molecule has 0 atom stereocenters. The van der Waals surface area contributed by atoms with Crippen LogP contribution in [0.4, 0.5) is 11.4 Å². The number of benzene rings is 2. The number of fused-ring (bicyclic) bond motifs is 1. The number of nitrogen functional groups attached to an aromatic ring is 1. The number of nitrogens with one attached hydrogen (secondary N) is 1. The maximum atomic E-state index is 11.3. The van der Waals surface area contributed by atoms with Crippen LogP contribution in [0.5, 0.6) is 11.5 Å². The van der Waals surface area contributed by atoms with Crippen molar-refractivity contribution in [3.8, 4) is 11.5 Å². The second-order valence-electron chi connectivity index (χ2n) is 4.54. The van der Waals surface area contributed by atoms with E-state index >= 15 is 0 Å². The number of carbonyl (C=O) groups excluding carboxylic acids is 1. The van der Waals surface area contributed by atoms with Gasteiger partial charge in [0.25, 0.3) is 0 Å². The van der Waals surface area contributed by atoms with Gasteiger partial charge in [0.1, 0.15) is 11.5 Å². The average Bonchev–Trinajstić information content (AvgIpc) is 2.39. The highest BCUT2D eigenvalue weighted by atomic mass is 16.5. The van der Waals surface area contributed by atoms with Crippen LogP contribution in [0, 0.1) is 0 Å². The third kappa shape index (κ3) is 2.52. The second-order valence-corrected chi connectivity index (χ2v) is 4.54. The quantitative estimate of drug-likeness (QED) is 0.810. The lowest BCUT2D eigenvalue weighted by molar-refractivity contribution is -0.116. The minimum Gasteiger partial charge on any atom is -0.457 e. The molecule has 96 valence electrons. The Bertz CT molecular complexity index is 638. The Balaban J connectivity index is 1.85. The minimum absolute atomic E-state index is 0.0667. The summed E-state index contributed by atoms with van der Waals surface area (Å²) in [5, 5.41) is 2.85. The van der Waals surface area contributed by atoms with Gasteiger partial charge in [0.2, 0.25) is 5.91 Å². The molecule has 4 nitrogen and oxygen atoms in total. The van der Waals surface area contributed by atoms with Gasteiger partial charge in [-0.3, -0.25) is 4.79 Å². The van der Waals surface area contributed by atoms with E-state index in [0.717, 1.165) is 23.4 Å². The lowest BCUT2D eigenvalue weighted by Crippen LogP contribution is -2.18. The molecule has 2 aromatic carbocycles. The highest BCUT2D eigenvalue weighted by Gasteiger charge is 2.15. The first kappa shape index (κ1) is 11.6. The van der Waals surface area contributed by atoms with Crippen LogP contribution in [-0.4, -0.2) is 5.91 Å². The monoisotopic (exact) mass is 254 g/mol. The molecule has 0 aliphatic carbocycles. The Morgan fingerprint density at radius 2 is 1.89 bits per heavy atom. The predicted molar refractivity (Wildman–Crippen MR) is 74.3 cm³/mol. The van der Waals surface area contributed by atoms with Crippen molar-refractivity contribution >= 4 is 17.3 Å². The van der Waals surface area contributed by atoms with Gasteiger partial charge in [0, 0.05) is 23.9 Å². The molecule has 3 rings (SSSR count). The number of hydrogen-bond donors (Lipinski definition) is 2. The van der Waals surface area contributed by atoms with Crippen molar-refractivity contribution in [2.45, 2.75) is 12.8 Å². The molecule has 0 aromatic heterocycles. The zero-order chi connectivity index (χ0) is 13.2. The van der Waals surface area contributed by atoms with E-state index in [-0.39, 0.29) is 5.91 Å². The topological polar surface area (TPSA) is 64.3 Å². The molecule has 0 spiro atoms. The number of amides is 1. The van der Waals surface area contributed by atoms with Crippen LogP contribution in [0.2, 0.25) is 0 Å². The summed E-state index contributed by atoms with van der Waals surface area (Å²) >= 11 is 0. The number of ether oxygens (including phenoxy) is 1. The first-order chi connectivity index (χ1) is 9.20. The molecule has 0 unspecified atom stereocenters. The molecule has 0 saturated carbocycles. The first-order valence-electron chi connectivity index (χ1n) is 6.17. The van der Waals surface area contributed by atoms with Crippen molar-refractivity contribution < 1.29 is 9.53 Å². The molecule has 0 bridgehead atoms. The average molecular weight is 254 g/mol. The Hall–Kier alpha value is -2.49. The number of rotatable bonds is 2. The maximum absolute atomic E-state index is 11.3. The van der Waals surface area contributed by atoms with Gasteiger partial charge in [-0.25, -0.2) is 0 Å². The van der Waals surface area contributed by atoms with E-state index in [1.807, 2.05) is 36.4 Å². The van der Waals surface area contributed by atoms with Gasteiger partial charge in [-0.1, -0.05) is 6.07 Å². The number of hydrogen-bond acceptors (Lipinski definition) is 3. The van der Waals surface area contributed by atoms with E-state index in [1.165, 1.54) is 0 Å². The smallest absolute Gasteiger partial charge is 0.224 e. The predicted octanol–water partition coefficient (Wildman–Crippen LogP) is 2.95. The van der Waals surface area contributed by atoms with Gasteiger partial charge in [-0.15, -0.1) is 0 Å². The standard InChI is InChI=1S/C15H14N2O2/c16-11-2-1-3-12(9-11)19-13-5-6-14-10(8-13)4-7-15(18)17-14/h1-3,5-6,8-9H,4,7,16H2,(H,17,18). The molecular weight excluding hydrogens is 240 g/mol. The number of carbonyl (C=O) groups is 1. The summed E-state index contributed by atoms with van der Waals surface area (Å²) in [6.45, 7) is 0. The second kappa shape index (κ2) is 4.65. The van der Waals surface area contributed by atoms with Gasteiger partial charge < -0.3 is 15.8 Å². The van der Waals surface area contributed by atoms with Crippen molar-refractivity contribution in [2.75, 3.05) is 11.1 Å². The molecule has 1 aliphatic heterocycles. The highest BCUT2D eigenvalue weighted by molar-refractivity contribution is 5.94. The molecule has 2 aromatic rings. The molecule has 19 heavy (non-hydrogen) atoms. The molecular formula is C15H14N2O2.